The van der Waals surface area contributed by atoms with Crippen molar-refractivity contribution >= 4 is 17.6 Å². The molecule has 29 heavy (non-hydrogen) atoms. The van der Waals surface area contributed by atoms with Crippen molar-refractivity contribution in [2.24, 2.45) is 0 Å². The molecule has 1 amide bonds. The van der Waals surface area contributed by atoms with Crippen LogP contribution in [0.15, 0.2) is 24.3 Å². The van der Waals surface area contributed by atoms with E-state index in [9.17, 15) is 14.7 Å². The molecule has 0 aliphatic rings. The Morgan fingerprint density at radius 3 is 1.66 bits per heavy atom. The quantitative estimate of drug-likeness (QED) is 0.295. The van der Waals surface area contributed by atoms with E-state index in [0.717, 1.165) is 12.8 Å². The molecular weight excluding hydrogens is 362 g/mol. The number of aromatic carboxylic acids is 1. The molecule has 0 atom stereocenters. The summed E-state index contributed by atoms with van der Waals surface area (Å²) in [7, 11) is 0. The molecule has 4 heteroatoms. The lowest BCUT2D eigenvalue weighted by Gasteiger charge is -2.11. The van der Waals surface area contributed by atoms with E-state index in [1.165, 1.54) is 89.5 Å². The Hall–Kier alpha value is -1.84. The Kier molecular flexibility index (Phi) is 14.8. The molecule has 0 saturated heterocycles. The Morgan fingerprint density at radius 1 is 0.724 bits per heavy atom. The third kappa shape index (κ3) is 13.1. The molecule has 164 valence electrons. The van der Waals surface area contributed by atoms with Crippen molar-refractivity contribution in [1.82, 2.24) is 0 Å². The number of anilines is 1. The molecule has 1 rings (SSSR count). The number of nitrogens with one attached hydrogen (secondary N) is 1. The third-order valence-corrected chi connectivity index (χ3v) is 5.43. The molecule has 0 fully saturated rings. The summed E-state index contributed by atoms with van der Waals surface area (Å²) in [4.78, 5) is 23.0. The van der Waals surface area contributed by atoms with Crippen molar-refractivity contribution in [1.29, 1.82) is 0 Å². The van der Waals surface area contributed by atoms with Crippen LogP contribution in [0.25, 0.3) is 0 Å². The maximum atomic E-state index is 12.0. The van der Waals surface area contributed by atoms with Crippen LogP contribution in [0, 0.1) is 0 Å². The van der Waals surface area contributed by atoms with Crippen molar-refractivity contribution in [2.45, 2.75) is 110 Å². The Morgan fingerprint density at radius 2 is 1.17 bits per heavy atom. The number of carbonyl (C=O) groups is 2. The number of unbranched alkanes of at least 4 members (excludes halogenated alkanes) is 14. The smallest absolute Gasteiger partial charge is 0.224 e. The van der Waals surface area contributed by atoms with Crippen LogP contribution in [0.3, 0.4) is 0 Å². The second kappa shape index (κ2) is 17.1. The summed E-state index contributed by atoms with van der Waals surface area (Å²) in [6.07, 6.45) is 19.8. The van der Waals surface area contributed by atoms with Crippen LogP contribution < -0.4 is 10.4 Å². The van der Waals surface area contributed by atoms with Crippen molar-refractivity contribution in [2.75, 3.05) is 5.32 Å². The Balaban J connectivity index is 1.92. The second-order valence-corrected chi connectivity index (χ2v) is 8.08. The third-order valence-electron chi connectivity index (χ3n) is 5.43. The van der Waals surface area contributed by atoms with Gasteiger partial charge in [-0.25, -0.2) is 0 Å². The maximum Gasteiger partial charge on any atom is 0.224 e. The molecule has 1 aromatic carbocycles. The second-order valence-electron chi connectivity index (χ2n) is 8.08. The van der Waals surface area contributed by atoms with Gasteiger partial charge in [-0.15, -0.1) is 0 Å². The summed E-state index contributed by atoms with van der Waals surface area (Å²) in [5, 5.41) is 13.7. The molecule has 0 bridgehead atoms. The lowest BCUT2D eigenvalue weighted by molar-refractivity contribution is -0.254. The number of amides is 1. The van der Waals surface area contributed by atoms with Gasteiger partial charge < -0.3 is 15.2 Å². The van der Waals surface area contributed by atoms with E-state index < -0.39 is 5.97 Å². The average molecular weight is 403 g/mol. The van der Waals surface area contributed by atoms with Crippen LogP contribution in [-0.2, 0) is 4.79 Å². The molecule has 0 saturated carbocycles. The number of benzene rings is 1. The fourth-order valence-corrected chi connectivity index (χ4v) is 3.64. The lowest BCUT2D eigenvalue weighted by Crippen LogP contribution is -2.24. The minimum atomic E-state index is -1.27. The van der Waals surface area contributed by atoms with Crippen molar-refractivity contribution < 1.29 is 14.7 Å². The van der Waals surface area contributed by atoms with Crippen LogP contribution in [0.4, 0.5) is 5.69 Å². The molecule has 0 heterocycles. The number of hydrogen-bond donors (Lipinski definition) is 1. The van der Waals surface area contributed by atoms with Gasteiger partial charge in [-0.3, -0.25) is 4.79 Å². The minimum absolute atomic E-state index is 0.0253. The number of para-hydroxylation sites is 1. The number of carbonyl (C=O) groups excluding carboxylic acids is 2. The first kappa shape index (κ1) is 25.2. The zero-order valence-electron chi connectivity index (χ0n) is 18.3. The molecule has 1 aromatic rings. The van der Waals surface area contributed by atoms with Crippen molar-refractivity contribution in [3.8, 4) is 0 Å². The highest BCUT2D eigenvalue weighted by Gasteiger charge is 2.07. The van der Waals surface area contributed by atoms with E-state index in [-0.39, 0.29) is 11.5 Å². The SMILES string of the molecule is CCCCCCCCCCCCCCCCCC(=O)Nc1ccccc1C(=O)[O-]. The van der Waals surface area contributed by atoms with Gasteiger partial charge in [0.1, 0.15) is 0 Å². The predicted molar refractivity (Wildman–Crippen MR) is 119 cm³/mol. The Bertz CT molecular complexity index is 571. The monoisotopic (exact) mass is 402 g/mol. The van der Waals surface area contributed by atoms with E-state index in [0.29, 0.717) is 12.1 Å². The van der Waals surface area contributed by atoms with E-state index >= 15 is 0 Å². The predicted octanol–water partition coefficient (Wildman–Crippen LogP) is 6.25. The van der Waals surface area contributed by atoms with E-state index in [1.54, 1.807) is 18.2 Å². The summed E-state index contributed by atoms with van der Waals surface area (Å²) < 4.78 is 0. The van der Waals surface area contributed by atoms with Gasteiger partial charge in [0, 0.05) is 17.7 Å². The highest BCUT2D eigenvalue weighted by atomic mass is 16.4. The van der Waals surface area contributed by atoms with Gasteiger partial charge in [-0.05, 0) is 12.5 Å². The molecule has 0 unspecified atom stereocenters. The van der Waals surface area contributed by atoms with Crippen molar-refractivity contribution in [3.05, 3.63) is 29.8 Å². The zero-order valence-corrected chi connectivity index (χ0v) is 18.3. The molecule has 0 spiro atoms. The molecule has 4 nitrogen and oxygen atoms in total. The molecular formula is C25H40NO3-. The fraction of sp³-hybridized carbons (Fsp3) is 0.680. The van der Waals surface area contributed by atoms with E-state index in [4.69, 9.17) is 0 Å². The van der Waals surface area contributed by atoms with E-state index in [2.05, 4.69) is 12.2 Å². The van der Waals surface area contributed by atoms with Gasteiger partial charge in [0.25, 0.3) is 0 Å². The molecule has 0 radical (unpaired) electrons. The molecule has 0 aliphatic heterocycles. The first-order valence-corrected chi connectivity index (χ1v) is 11.8. The van der Waals surface area contributed by atoms with Gasteiger partial charge >= 0.3 is 0 Å². The summed E-state index contributed by atoms with van der Waals surface area (Å²) in [5.41, 5.74) is 0.343. The molecule has 0 aromatic heterocycles. The normalized spacial score (nSPS) is 10.8. The van der Waals surface area contributed by atoms with Crippen LogP contribution in [-0.4, -0.2) is 11.9 Å². The largest absolute Gasteiger partial charge is 0.545 e. The summed E-state index contributed by atoms with van der Waals surface area (Å²) >= 11 is 0. The zero-order chi connectivity index (χ0) is 21.2. The standard InChI is InChI=1S/C25H41NO3/c1-2-3-4-5-6-7-8-9-10-11-12-13-14-15-16-21-24(27)26-23-20-18-17-19-22(23)25(28)29/h17-20H,2-16,21H2,1H3,(H,26,27)(H,28,29)/p-1. The topological polar surface area (TPSA) is 69.2 Å². The fourth-order valence-electron chi connectivity index (χ4n) is 3.64. The highest BCUT2D eigenvalue weighted by Crippen LogP contribution is 2.16. The van der Waals surface area contributed by atoms with E-state index in [1.807, 2.05) is 0 Å². The highest BCUT2D eigenvalue weighted by molar-refractivity contribution is 5.99. The lowest BCUT2D eigenvalue weighted by atomic mass is 10.0. The number of rotatable bonds is 18. The Labute approximate surface area is 177 Å². The van der Waals surface area contributed by atoms with Crippen LogP contribution in [0.5, 0.6) is 0 Å². The first-order valence-electron chi connectivity index (χ1n) is 11.8. The van der Waals surface area contributed by atoms with Crippen LogP contribution >= 0.6 is 0 Å². The number of carboxylic acid groups (broad SMARTS) is 1. The summed E-state index contributed by atoms with van der Waals surface area (Å²) in [6, 6.07) is 6.36. The first-order chi connectivity index (χ1) is 14.1. The molecule has 0 aliphatic carbocycles. The average Bonchev–Trinajstić information content (AvgIpc) is 2.71. The van der Waals surface area contributed by atoms with Crippen LogP contribution in [0.1, 0.15) is 120 Å². The minimum Gasteiger partial charge on any atom is -0.545 e. The summed E-state index contributed by atoms with van der Waals surface area (Å²) in [5.74, 6) is -1.40. The van der Waals surface area contributed by atoms with Gasteiger partial charge in [0.15, 0.2) is 0 Å². The van der Waals surface area contributed by atoms with Gasteiger partial charge in [-0.1, -0.05) is 115 Å². The van der Waals surface area contributed by atoms with Crippen LogP contribution in [0.2, 0.25) is 0 Å². The number of carboxylic acids is 1. The summed E-state index contributed by atoms with van der Waals surface area (Å²) in [6.45, 7) is 2.26. The van der Waals surface area contributed by atoms with Gasteiger partial charge in [-0.2, -0.15) is 0 Å². The molecule has 1 N–H and O–H groups in total. The van der Waals surface area contributed by atoms with Crippen molar-refractivity contribution in [3.63, 3.8) is 0 Å². The van der Waals surface area contributed by atoms with Gasteiger partial charge in [0.05, 0.1) is 5.97 Å². The van der Waals surface area contributed by atoms with Gasteiger partial charge in [0.2, 0.25) is 5.91 Å². The maximum absolute atomic E-state index is 12.0. The number of hydrogen-bond acceptors (Lipinski definition) is 3.